The van der Waals surface area contributed by atoms with Gasteiger partial charge in [0.1, 0.15) is 24.0 Å². The zero-order valence-electron chi connectivity index (χ0n) is 10.3. The first-order valence-corrected chi connectivity index (χ1v) is 5.67. The number of aromatic carboxylic acids is 1. The maximum atomic E-state index is 13.4. The van der Waals surface area contributed by atoms with Gasteiger partial charge in [-0.1, -0.05) is 0 Å². The van der Waals surface area contributed by atoms with Crippen LogP contribution in [0, 0.1) is 11.6 Å². The van der Waals surface area contributed by atoms with Gasteiger partial charge >= 0.3 is 5.97 Å². The maximum absolute atomic E-state index is 13.4. The SMILES string of the molecule is Nc1cc(C(=O)O)ccc1OCc1ccc(F)cc1F. The summed E-state index contributed by atoms with van der Waals surface area (Å²) >= 11 is 0. The minimum absolute atomic E-state index is 0.0304. The van der Waals surface area contributed by atoms with E-state index in [9.17, 15) is 13.6 Å². The second kappa shape index (κ2) is 5.56. The smallest absolute Gasteiger partial charge is 0.335 e. The summed E-state index contributed by atoms with van der Waals surface area (Å²) in [5.41, 5.74) is 5.98. The van der Waals surface area contributed by atoms with Gasteiger partial charge in [-0.2, -0.15) is 0 Å². The van der Waals surface area contributed by atoms with Crippen molar-refractivity contribution in [2.24, 2.45) is 0 Å². The molecule has 104 valence electrons. The Hall–Kier alpha value is -2.63. The van der Waals surface area contributed by atoms with E-state index in [4.69, 9.17) is 15.6 Å². The van der Waals surface area contributed by atoms with E-state index < -0.39 is 17.6 Å². The van der Waals surface area contributed by atoms with Gasteiger partial charge in [0, 0.05) is 11.6 Å². The van der Waals surface area contributed by atoms with Gasteiger partial charge in [-0.15, -0.1) is 0 Å². The largest absolute Gasteiger partial charge is 0.487 e. The number of carboxylic acid groups (broad SMARTS) is 1. The molecule has 0 spiro atoms. The monoisotopic (exact) mass is 279 g/mol. The lowest BCUT2D eigenvalue weighted by atomic mass is 10.2. The van der Waals surface area contributed by atoms with Gasteiger partial charge in [-0.25, -0.2) is 13.6 Å². The highest BCUT2D eigenvalue weighted by molar-refractivity contribution is 5.89. The predicted molar refractivity (Wildman–Crippen MR) is 68.5 cm³/mol. The summed E-state index contributed by atoms with van der Waals surface area (Å²) in [6.45, 7) is -0.136. The van der Waals surface area contributed by atoms with E-state index in [1.54, 1.807) is 0 Å². The first kappa shape index (κ1) is 13.8. The summed E-state index contributed by atoms with van der Waals surface area (Å²) in [7, 11) is 0. The molecule has 2 aromatic carbocycles. The molecule has 2 rings (SSSR count). The second-order valence-corrected chi connectivity index (χ2v) is 4.08. The Kier molecular flexibility index (Phi) is 3.84. The summed E-state index contributed by atoms with van der Waals surface area (Å²) in [6.07, 6.45) is 0. The van der Waals surface area contributed by atoms with Crippen LogP contribution in [0.5, 0.6) is 5.75 Å². The standard InChI is InChI=1S/C14H11F2NO3/c15-10-3-1-9(11(16)6-10)7-20-13-4-2-8(14(18)19)5-12(13)17/h1-6H,7,17H2,(H,18,19). The van der Waals surface area contributed by atoms with Crippen LogP contribution in [0.15, 0.2) is 36.4 Å². The number of benzene rings is 2. The van der Waals surface area contributed by atoms with Crippen molar-refractivity contribution in [3.8, 4) is 5.75 Å². The van der Waals surface area contributed by atoms with E-state index in [-0.39, 0.29) is 29.2 Å². The molecule has 0 radical (unpaired) electrons. The molecule has 0 bridgehead atoms. The lowest BCUT2D eigenvalue weighted by Gasteiger charge is -2.10. The normalized spacial score (nSPS) is 10.3. The molecule has 0 saturated heterocycles. The maximum Gasteiger partial charge on any atom is 0.335 e. The van der Waals surface area contributed by atoms with Crippen molar-refractivity contribution in [2.75, 3.05) is 5.73 Å². The van der Waals surface area contributed by atoms with Gasteiger partial charge in [-0.05, 0) is 30.3 Å². The molecule has 0 aromatic heterocycles. The Morgan fingerprint density at radius 3 is 2.55 bits per heavy atom. The number of carbonyl (C=O) groups is 1. The molecule has 0 amide bonds. The first-order chi connectivity index (χ1) is 9.47. The van der Waals surface area contributed by atoms with E-state index in [1.807, 2.05) is 0 Å². The fraction of sp³-hybridized carbons (Fsp3) is 0.0714. The van der Waals surface area contributed by atoms with Crippen LogP contribution in [0.4, 0.5) is 14.5 Å². The Morgan fingerprint density at radius 2 is 1.95 bits per heavy atom. The van der Waals surface area contributed by atoms with E-state index in [2.05, 4.69) is 0 Å². The molecule has 0 fully saturated rings. The van der Waals surface area contributed by atoms with E-state index in [0.717, 1.165) is 12.1 Å². The number of nitrogens with two attached hydrogens (primary N) is 1. The zero-order valence-corrected chi connectivity index (χ0v) is 10.3. The average Bonchev–Trinajstić information content (AvgIpc) is 2.38. The number of ether oxygens (including phenoxy) is 1. The summed E-state index contributed by atoms with van der Waals surface area (Å²) in [4.78, 5) is 10.7. The van der Waals surface area contributed by atoms with E-state index >= 15 is 0 Å². The van der Waals surface area contributed by atoms with Gasteiger partial charge in [0.25, 0.3) is 0 Å². The molecule has 0 aliphatic heterocycles. The van der Waals surface area contributed by atoms with Crippen LogP contribution in [0.2, 0.25) is 0 Å². The van der Waals surface area contributed by atoms with Crippen LogP contribution >= 0.6 is 0 Å². The number of carboxylic acids is 1. The Bertz CT molecular complexity index is 659. The highest BCUT2D eigenvalue weighted by Gasteiger charge is 2.09. The minimum atomic E-state index is -1.10. The number of hydrogen-bond donors (Lipinski definition) is 2. The van der Waals surface area contributed by atoms with Crippen LogP contribution in [0.1, 0.15) is 15.9 Å². The molecule has 0 heterocycles. The van der Waals surface area contributed by atoms with Crippen LogP contribution < -0.4 is 10.5 Å². The Balaban J connectivity index is 2.13. The lowest BCUT2D eigenvalue weighted by molar-refractivity contribution is 0.0697. The fourth-order valence-electron chi connectivity index (χ4n) is 1.61. The molecule has 3 N–H and O–H groups in total. The van der Waals surface area contributed by atoms with Crippen LogP contribution in [0.25, 0.3) is 0 Å². The fourth-order valence-corrected chi connectivity index (χ4v) is 1.61. The van der Waals surface area contributed by atoms with Crippen LogP contribution in [0.3, 0.4) is 0 Å². The molecule has 0 saturated carbocycles. The number of anilines is 1. The number of rotatable bonds is 4. The number of hydrogen-bond acceptors (Lipinski definition) is 3. The molecular formula is C14H11F2NO3. The van der Waals surface area contributed by atoms with Crippen molar-refractivity contribution < 1.29 is 23.4 Å². The molecular weight excluding hydrogens is 268 g/mol. The Morgan fingerprint density at radius 1 is 1.20 bits per heavy atom. The van der Waals surface area contributed by atoms with Gasteiger partial charge < -0.3 is 15.6 Å². The highest BCUT2D eigenvalue weighted by Crippen LogP contribution is 2.24. The number of nitrogen functional groups attached to an aromatic ring is 1. The molecule has 0 unspecified atom stereocenters. The molecule has 0 aliphatic rings. The topological polar surface area (TPSA) is 72.6 Å². The first-order valence-electron chi connectivity index (χ1n) is 5.67. The van der Waals surface area contributed by atoms with E-state index in [1.165, 1.54) is 24.3 Å². The third-order valence-electron chi connectivity index (χ3n) is 2.66. The summed E-state index contributed by atoms with van der Waals surface area (Å²) < 4.78 is 31.4. The Labute approximate surface area is 113 Å². The highest BCUT2D eigenvalue weighted by atomic mass is 19.1. The molecule has 2 aromatic rings. The van der Waals surface area contributed by atoms with Gasteiger partial charge in [0.2, 0.25) is 0 Å². The number of halogens is 2. The van der Waals surface area contributed by atoms with Crippen molar-refractivity contribution in [1.29, 1.82) is 0 Å². The average molecular weight is 279 g/mol. The minimum Gasteiger partial charge on any atom is -0.487 e. The molecule has 0 atom stereocenters. The molecule has 0 aliphatic carbocycles. The van der Waals surface area contributed by atoms with Crippen molar-refractivity contribution in [2.45, 2.75) is 6.61 Å². The third-order valence-corrected chi connectivity index (χ3v) is 2.66. The molecule has 6 heteroatoms. The zero-order chi connectivity index (χ0) is 14.7. The van der Waals surface area contributed by atoms with Crippen molar-refractivity contribution >= 4 is 11.7 Å². The van der Waals surface area contributed by atoms with Crippen LogP contribution in [-0.4, -0.2) is 11.1 Å². The van der Waals surface area contributed by atoms with Crippen molar-refractivity contribution in [3.63, 3.8) is 0 Å². The quantitative estimate of drug-likeness (QED) is 0.844. The summed E-state index contributed by atoms with van der Waals surface area (Å²) in [6, 6.07) is 7.12. The summed E-state index contributed by atoms with van der Waals surface area (Å²) in [5, 5.41) is 8.79. The lowest BCUT2D eigenvalue weighted by Crippen LogP contribution is -2.03. The van der Waals surface area contributed by atoms with Crippen molar-refractivity contribution in [1.82, 2.24) is 0 Å². The van der Waals surface area contributed by atoms with Gasteiger partial charge in [0.15, 0.2) is 0 Å². The molecule has 20 heavy (non-hydrogen) atoms. The summed E-state index contributed by atoms with van der Waals surface area (Å²) in [5.74, 6) is -2.26. The van der Waals surface area contributed by atoms with E-state index in [0.29, 0.717) is 0 Å². The van der Waals surface area contributed by atoms with Gasteiger partial charge in [0.05, 0.1) is 11.3 Å². The second-order valence-electron chi connectivity index (χ2n) is 4.08. The van der Waals surface area contributed by atoms with Crippen molar-refractivity contribution in [3.05, 3.63) is 59.2 Å². The third kappa shape index (κ3) is 3.03. The predicted octanol–water partition coefficient (Wildman–Crippen LogP) is 2.82. The van der Waals surface area contributed by atoms with Gasteiger partial charge in [-0.3, -0.25) is 0 Å². The molecule has 4 nitrogen and oxygen atoms in total. The van der Waals surface area contributed by atoms with Crippen LogP contribution in [-0.2, 0) is 6.61 Å².